The fourth-order valence-corrected chi connectivity index (χ4v) is 3.18. The van der Waals surface area contributed by atoms with E-state index in [0.717, 1.165) is 10.1 Å². The first-order valence-electron chi connectivity index (χ1n) is 4.85. The Morgan fingerprint density at radius 2 is 2.00 bits per heavy atom. The third-order valence-electron chi connectivity index (χ3n) is 1.97. The summed E-state index contributed by atoms with van der Waals surface area (Å²) in [6, 6.07) is 5.42. The zero-order chi connectivity index (χ0) is 11.8. The maximum Gasteiger partial charge on any atom is 0.322 e. The van der Waals surface area contributed by atoms with Crippen LogP contribution >= 0.6 is 11.5 Å². The monoisotopic (exact) mass is 257 g/mol. The molecule has 1 aliphatic rings. The molecular weight excluding hydrogens is 246 g/mol. The molecule has 0 amide bonds. The van der Waals surface area contributed by atoms with Gasteiger partial charge in [0.2, 0.25) is 0 Å². The maximum atomic E-state index is 11.3. The van der Waals surface area contributed by atoms with Crippen molar-refractivity contribution in [2.24, 2.45) is 0 Å². The van der Waals surface area contributed by atoms with Crippen LogP contribution in [0, 0.1) is 0 Å². The van der Waals surface area contributed by atoms with Gasteiger partial charge in [0.25, 0.3) is 0 Å². The van der Waals surface area contributed by atoms with Crippen LogP contribution in [0.3, 0.4) is 0 Å². The summed E-state index contributed by atoms with van der Waals surface area (Å²) in [6.07, 6.45) is 0. The van der Waals surface area contributed by atoms with Crippen LogP contribution in [-0.2, 0) is 10.2 Å². The third kappa shape index (κ3) is 1.72. The topological polar surface area (TPSA) is 71.1 Å². The normalized spacial score (nSPS) is 15.6. The van der Waals surface area contributed by atoms with E-state index in [-0.39, 0.29) is 0 Å². The van der Waals surface area contributed by atoms with Gasteiger partial charge in [0.15, 0.2) is 5.82 Å². The molecule has 1 aromatic heterocycles. The summed E-state index contributed by atoms with van der Waals surface area (Å²) in [5, 5.41) is 0.840. The first-order chi connectivity index (χ1) is 7.66. The van der Waals surface area contributed by atoms with Crippen LogP contribution < -0.4 is 9.44 Å². The quantitative estimate of drug-likeness (QED) is 0.761. The lowest BCUT2D eigenvalue weighted by Crippen LogP contribution is -2.25. The minimum absolute atomic E-state index is 0.416. The first kappa shape index (κ1) is 11.2. The Balaban J connectivity index is 0.000000457. The molecular formula is C9H11N3O2S2. The molecule has 2 aromatic rings. The molecule has 0 fully saturated rings. The summed E-state index contributed by atoms with van der Waals surface area (Å²) < 4.78 is 32.3. The molecule has 0 saturated carbocycles. The fourth-order valence-electron chi connectivity index (χ4n) is 1.44. The smallest absolute Gasteiger partial charge is 0.266 e. The highest BCUT2D eigenvalue weighted by molar-refractivity contribution is 7.94. The molecule has 0 radical (unpaired) electrons. The second-order valence-corrected chi connectivity index (χ2v) is 5.14. The summed E-state index contributed by atoms with van der Waals surface area (Å²) in [4.78, 5) is 0. The number of nitrogens with one attached hydrogen (secondary N) is 2. The molecule has 5 nitrogen and oxygen atoms in total. The second kappa shape index (κ2) is 3.91. The number of rotatable bonds is 0. The average Bonchev–Trinajstić information content (AvgIpc) is 2.64. The highest BCUT2D eigenvalue weighted by Gasteiger charge is 2.23. The van der Waals surface area contributed by atoms with Crippen LogP contribution in [0.5, 0.6) is 0 Å². The van der Waals surface area contributed by atoms with E-state index in [4.69, 9.17) is 0 Å². The summed E-state index contributed by atoms with van der Waals surface area (Å²) in [7, 11) is -3.47. The lowest BCUT2D eigenvalue weighted by atomic mass is 10.2. The third-order valence-corrected chi connectivity index (χ3v) is 3.74. The van der Waals surface area contributed by atoms with Gasteiger partial charge >= 0.3 is 10.2 Å². The average molecular weight is 257 g/mol. The van der Waals surface area contributed by atoms with Gasteiger partial charge in [-0.05, 0) is 23.7 Å². The number of aromatic nitrogens is 1. The van der Waals surface area contributed by atoms with E-state index in [0.29, 0.717) is 11.5 Å². The molecule has 2 N–H and O–H groups in total. The number of hydrogen-bond acceptors (Lipinski definition) is 4. The Morgan fingerprint density at radius 1 is 1.25 bits per heavy atom. The Hall–Kier alpha value is -1.34. The number of nitrogens with zero attached hydrogens (tertiary/aromatic N) is 1. The van der Waals surface area contributed by atoms with E-state index in [9.17, 15) is 8.42 Å². The van der Waals surface area contributed by atoms with E-state index in [1.54, 1.807) is 12.1 Å². The van der Waals surface area contributed by atoms with Crippen molar-refractivity contribution >= 4 is 43.3 Å². The highest BCUT2D eigenvalue weighted by atomic mass is 32.2. The van der Waals surface area contributed by atoms with Gasteiger partial charge in [0, 0.05) is 0 Å². The molecule has 0 aliphatic carbocycles. The molecule has 0 atom stereocenters. The van der Waals surface area contributed by atoms with Crippen LogP contribution in [0.15, 0.2) is 18.2 Å². The molecule has 3 rings (SSSR count). The van der Waals surface area contributed by atoms with Crippen molar-refractivity contribution in [2.45, 2.75) is 13.8 Å². The van der Waals surface area contributed by atoms with Gasteiger partial charge in [-0.3, -0.25) is 4.72 Å². The molecule has 7 heteroatoms. The zero-order valence-corrected chi connectivity index (χ0v) is 10.4. The minimum Gasteiger partial charge on any atom is -0.266 e. The Bertz CT molecular complexity index is 619. The molecule has 0 bridgehead atoms. The fraction of sp³-hybridized carbons (Fsp3) is 0.222. The van der Waals surface area contributed by atoms with Gasteiger partial charge in [-0.1, -0.05) is 19.9 Å². The van der Waals surface area contributed by atoms with Gasteiger partial charge in [-0.15, -0.1) is 0 Å². The van der Waals surface area contributed by atoms with Gasteiger partial charge < -0.3 is 0 Å². The Morgan fingerprint density at radius 3 is 2.75 bits per heavy atom. The van der Waals surface area contributed by atoms with Gasteiger partial charge in [0.1, 0.15) is 0 Å². The summed E-state index contributed by atoms with van der Waals surface area (Å²) >= 11 is 1.28. The molecule has 16 heavy (non-hydrogen) atoms. The van der Waals surface area contributed by atoms with Crippen molar-refractivity contribution < 1.29 is 8.42 Å². The minimum atomic E-state index is -3.47. The van der Waals surface area contributed by atoms with Crippen molar-refractivity contribution in [1.29, 1.82) is 0 Å². The summed E-state index contributed by atoms with van der Waals surface area (Å²) in [5.74, 6) is 0.416. The number of hydrogen-bond donors (Lipinski definition) is 2. The molecule has 0 unspecified atom stereocenters. The lowest BCUT2D eigenvalue weighted by molar-refractivity contribution is 0.606. The summed E-state index contributed by atoms with van der Waals surface area (Å²) in [5.41, 5.74) is 0.588. The molecule has 0 spiro atoms. The first-order valence-corrected chi connectivity index (χ1v) is 7.10. The van der Waals surface area contributed by atoms with Crippen molar-refractivity contribution in [3.8, 4) is 0 Å². The van der Waals surface area contributed by atoms with E-state index < -0.39 is 10.2 Å². The van der Waals surface area contributed by atoms with Crippen molar-refractivity contribution in [2.75, 3.05) is 9.44 Å². The Kier molecular flexibility index (Phi) is 2.73. The largest absolute Gasteiger partial charge is 0.322 e. The van der Waals surface area contributed by atoms with Gasteiger partial charge in [0.05, 0.1) is 15.8 Å². The molecule has 1 aliphatic heterocycles. The van der Waals surface area contributed by atoms with Crippen LogP contribution in [0.1, 0.15) is 13.8 Å². The van der Waals surface area contributed by atoms with E-state index >= 15 is 0 Å². The van der Waals surface area contributed by atoms with E-state index in [2.05, 4.69) is 13.8 Å². The zero-order valence-electron chi connectivity index (χ0n) is 8.81. The molecule has 86 valence electrons. The SMILES string of the molecule is CC.O=S1(=O)Nc2cccc3snc(c23)N1. The van der Waals surface area contributed by atoms with Crippen LogP contribution in [0.25, 0.3) is 10.1 Å². The standard InChI is InChI=1S/C7H5N3O2S2.C2H6/c11-14(12)9-4-2-1-3-5-6(4)7(10-14)8-13-5;1-2/h1-3,9H,(H,8,10);1-2H3. The second-order valence-electron chi connectivity index (χ2n) is 2.92. The highest BCUT2D eigenvalue weighted by Crippen LogP contribution is 2.36. The van der Waals surface area contributed by atoms with Crippen molar-refractivity contribution in [3.05, 3.63) is 18.2 Å². The van der Waals surface area contributed by atoms with Gasteiger partial charge in [-0.25, -0.2) is 4.72 Å². The predicted molar refractivity (Wildman–Crippen MR) is 67.1 cm³/mol. The number of benzene rings is 1. The summed E-state index contributed by atoms with van der Waals surface area (Å²) in [6.45, 7) is 4.00. The van der Waals surface area contributed by atoms with Gasteiger partial charge in [-0.2, -0.15) is 12.8 Å². The Labute approximate surface area is 97.8 Å². The van der Waals surface area contributed by atoms with Crippen molar-refractivity contribution in [3.63, 3.8) is 0 Å². The predicted octanol–water partition coefficient (Wildman–Crippen LogP) is 2.40. The van der Waals surface area contributed by atoms with Crippen LogP contribution in [0.2, 0.25) is 0 Å². The van der Waals surface area contributed by atoms with E-state index in [1.807, 2.05) is 19.9 Å². The number of anilines is 2. The lowest BCUT2D eigenvalue weighted by Gasteiger charge is -2.15. The van der Waals surface area contributed by atoms with E-state index in [1.165, 1.54) is 11.5 Å². The van der Waals surface area contributed by atoms with Crippen LogP contribution in [0.4, 0.5) is 11.5 Å². The molecule has 1 aromatic carbocycles. The van der Waals surface area contributed by atoms with Crippen LogP contribution in [-0.4, -0.2) is 12.8 Å². The molecule has 2 heterocycles. The van der Waals surface area contributed by atoms with Crippen molar-refractivity contribution in [1.82, 2.24) is 4.37 Å². The maximum absolute atomic E-state index is 11.3. The molecule has 0 saturated heterocycles.